The van der Waals surface area contributed by atoms with E-state index in [0.717, 1.165) is 11.1 Å². The summed E-state index contributed by atoms with van der Waals surface area (Å²) in [4.78, 5) is 11.5. The van der Waals surface area contributed by atoms with Crippen molar-refractivity contribution < 1.29 is 14.6 Å². The number of hydrogen-bond acceptors (Lipinski definition) is 4. The highest BCUT2D eigenvalue weighted by atomic mass is 16.5. The first-order chi connectivity index (χ1) is 8.55. The van der Waals surface area contributed by atoms with Crippen LogP contribution in [0.15, 0.2) is 24.3 Å². The summed E-state index contributed by atoms with van der Waals surface area (Å²) in [7, 11) is 0. The van der Waals surface area contributed by atoms with E-state index in [9.17, 15) is 9.90 Å². The second-order valence-electron chi connectivity index (χ2n) is 4.84. The molecule has 18 heavy (non-hydrogen) atoms. The van der Waals surface area contributed by atoms with Gasteiger partial charge in [-0.1, -0.05) is 24.3 Å². The van der Waals surface area contributed by atoms with Gasteiger partial charge in [0.25, 0.3) is 0 Å². The molecule has 0 saturated heterocycles. The van der Waals surface area contributed by atoms with Crippen LogP contribution in [0.3, 0.4) is 0 Å². The molecule has 0 saturated carbocycles. The Morgan fingerprint density at radius 3 is 2.83 bits per heavy atom. The molecule has 0 spiro atoms. The molecule has 0 amide bonds. The summed E-state index contributed by atoms with van der Waals surface area (Å²) in [6, 6.07) is 7.44. The van der Waals surface area contributed by atoms with Crippen molar-refractivity contribution in [1.82, 2.24) is 0 Å². The standard InChI is InChI=1S/C14H19NO3/c1-2-18-13(16)9-14(17)8-11-6-4-3-5-10(11)7-12(14)15/h3-6,12,17H,2,7-9,15H2,1H3/t12-,14-/m0/s1. The molecular weight excluding hydrogens is 230 g/mol. The molecule has 0 fully saturated rings. The van der Waals surface area contributed by atoms with E-state index in [0.29, 0.717) is 19.4 Å². The molecule has 1 aromatic rings. The quantitative estimate of drug-likeness (QED) is 0.777. The summed E-state index contributed by atoms with van der Waals surface area (Å²) in [5.41, 5.74) is 7.03. The summed E-state index contributed by atoms with van der Waals surface area (Å²) in [6.07, 6.45) is 0.950. The lowest BCUT2D eigenvalue weighted by Crippen LogP contribution is -2.54. The van der Waals surface area contributed by atoms with Crippen LogP contribution in [0, 0.1) is 0 Å². The monoisotopic (exact) mass is 249 g/mol. The van der Waals surface area contributed by atoms with Crippen LogP contribution in [-0.2, 0) is 22.4 Å². The highest BCUT2D eigenvalue weighted by Gasteiger charge is 2.41. The van der Waals surface area contributed by atoms with Crippen LogP contribution in [0.1, 0.15) is 24.5 Å². The molecular formula is C14H19NO3. The minimum Gasteiger partial charge on any atom is -0.466 e. The Bertz CT molecular complexity index is 446. The molecule has 4 nitrogen and oxygen atoms in total. The number of esters is 1. The third kappa shape index (κ3) is 2.54. The minimum atomic E-state index is -1.19. The van der Waals surface area contributed by atoms with Crippen LogP contribution in [0.4, 0.5) is 0 Å². The van der Waals surface area contributed by atoms with E-state index in [1.54, 1.807) is 6.92 Å². The average molecular weight is 249 g/mol. The Morgan fingerprint density at radius 2 is 2.17 bits per heavy atom. The molecule has 0 bridgehead atoms. The van der Waals surface area contributed by atoms with Gasteiger partial charge in [0.1, 0.15) is 0 Å². The first-order valence-corrected chi connectivity index (χ1v) is 6.25. The molecule has 1 aromatic carbocycles. The molecule has 98 valence electrons. The molecule has 2 atom stereocenters. The number of fused-ring (bicyclic) bond motifs is 1. The second-order valence-corrected chi connectivity index (χ2v) is 4.84. The van der Waals surface area contributed by atoms with Crippen molar-refractivity contribution in [3.63, 3.8) is 0 Å². The summed E-state index contributed by atoms with van der Waals surface area (Å²) in [5.74, 6) is -0.394. The van der Waals surface area contributed by atoms with E-state index in [1.165, 1.54) is 0 Å². The topological polar surface area (TPSA) is 72.5 Å². The van der Waals surface area contributed by atoms with Gasteiger partial charge in [0, 0.05) is 12.5 Å². The van der Waals surface area contributed by atoms with Gasteiger partial charge in [-0.15, -0.1) is 0 Å². The highest BCUT2D eigenvalue weighted by molar-refractivity contribution is 5.71. The zero-order valence-corrected chi connectivity index (χ0v) is 10.6. The lowest BCUT2D eigenvalue weighted by atomic mass is 9.75. The number of carbonyl (C=O) groups is 1. The average Bonchev–Trinajstić information content (AvgIpc) is 2.30. The maximum absolute atomic E-state index is 11.5. The molecule has 0 unspecified atom stereocenters. The third-order valence-electron chi connectivity index (χ3n) is 3.50. The Kier molecular flexibility index (Phi) is 3.68. The lowest BCUT2D eigenvalue weighted by molar-refractivity contribution is -0.149. The summed E-state index contributed by atoms with van der Waals surface area (Å²) in [5, 5.41) is 10.6. The zero-order chi connectivity index (χ0) is 13.2. The zero-order valence-electron chi connectivity index (χ0n) is 10.6. The van der Waals surface area contributed by atoms with Gasteiger partial charge in [0.2, 0.25) is 0 Å². The molecule has 2 rings (SSSR count). The molecule has 0 aromatic heterocycles. The predicted molar refractivity (Wildman–Crippen MR) is 68.0 cm³/mol. The van der Waals surface area contributed by atoms with Gasteiger partial charge in [0.05, 0.1) is 18.6 Å². The van der Waals surface area contributed by atoms with Gasteiger partial charge in [-0.3, -0.25) is 4.79 Å². The van der Waals surface area contributed by atoms with Gasteiger partial charge >= 0.3 is 5.97 Å². The fraction of sp³-hybridized carbons (Fsp3) is 0.500. The number of benzene rings is 1. The minimum absolute atomic E-state index is 0.0453. The van der Waals surface area contributed by atoms with Crippen LogP contribution < -0.4 is 5.73 Å². The Hall–Kier alpha value is -1.39. The van der Waals surface area contributed by atoms with E-state index in [1.807, 2.05) is 24.3 Å². The SMILES string of the molecule is CCOC(=O)C[C@@]1(O)Cc2ccccc2C[C@@H]1N. The molecule has 1 aliphatic carbocycles. The molecule has 3 N–H and O–H groups in total. The van der Waals surface area contributed by atoms with Crippen LogP contribution in [-0.4, -0.2) is 29.3 Å². The van der Waals surface area contributed by atoms with Crippen LogP contribution >= 0.6 is 0 Å². The van der Waals surface area contributed by atoms with Gasteiger partial charge in [0.15, 0.2) is 0 Å². The molecule has 1 aliphatic rings. The lowest BCUT2D eigenvalue weighted by Gasteiger charge is -2.38. The van der Waals surface area contributed by atoms with Crippen molar-refractivity contribution in [3.8, 4) is 0 Å². The summed E-state index contributed by atoms with van der Waals surface area (Å²) >= 11 is 0. The maximum Gasteiger partial charge on any atom is 0.308 e. The number of aliphatic hydroxyl groups is 1. The fourth-order valence-corrected chi connectivity index (χ4v) is 2.47. The van der Waals surface area contributed by atoms with Gasteiger partial charge < -0.3 is 15.6 Å². The van der Waals surface area contributed by atoms with E-state index < -0.39 is 17.6 Å². The largest absolute Gasteiger partial charge is 0.466 e. The van der Waals surface area contributed by atoms with E-state index in [4.69, 9.17) is 10.5 Å². The van der Waals surface area contributed by atoms with Crippen molar-refractivity contribution in [1.29, 1.82) is 0 Å². The molecule has 0 radical (unpaired) electrons. The first kappa shape index (κ1) is 13.1. The summed E-state index contributed by atoms with van der Waals surface area (Å²) in [6.45, 7) is 2.07. The third-order valence-corrected chi connectivity index (χ3v) is 3.50. The number of hydrogen-bond donors (Lipinski definition) is 2. The van der Waals surface area contributed by atoms with Crippen molar-refractivity contribution in [2.24, 2.45) is 5.73 Å². The van der Waals surface area contributed by atoms with Gasteiger partial charge in [-0.2, -0.15) is 0 Å². The predicted octanol–water partition coefficient (Wildman–Crippen LogP) is 0.797. The van der Waals surface area contributed by atoms with E-state index in [-0.39, 0.29) is 6.42 Å². The molecule has 4 heteroatoms. The highest BCUT2D eigenvalue weighted by Crippen LogP contribution is 2.30. The summed E-state index contributed by atoms with van der Waals surface area (Å²) < 4.78 is 4.89. The number of nitrogens with two attached hydrogens (primary N) is 1. The number of carbonyl (C=O) groups excluding carboxylic acids is 1. The van der Waals surface area contributed by atoms with Gasteiger partial charge in [-0.25, -0.2) is 0 Å². The van der Waals surface area contributed by atoms with Crippen molar-refractivity contribution in [3.05, 3.63) is 35.4 Å². The smallest absolute Gasteiger partial charge is 0.308 e. The number of rotatable bonds is 3. The Morgan fingerprint density at radius 1 is 1.50 bits per heavy atom. The number of ether oxygens (including phenoxy) is 1. The van der Waals surface area contributed by atoms with Crippen molar-refractivity contribution in [2.75, 3.05) is 6.61 Å². The van der Waals surface area contributed by atoms with Crippen LogP contribution in [0.25, 0.3) is 0 Å². The molecule has 0 heterocycles. The Labute approximate surface area is 107 Å². The Balaban J connectivity index is 2.17. The van der Waals surface area contributed by atoms with Crippen molar-refractivity contribution in [2.45, 2.75) is 37.8 Å². The first-order valence-electron chi connectivity index (χ1n) is 6.25. The fourth-order valence-electron chi connectivity index (χ4n) is 2.47. The second kappa shape index (κ2) is 5.08. The van der Waals surface area contributed by atoms with Crippen LogP contribution in [0.2, 0.25) is 0 Å². The maximum atomic E-state index is 11.5. The molecule has 0 aliphatic heterocycles. The van der Waals surface area contributed by atoms with E-state index >= 15 is 0 Å². The van der Waals surface area contributed by atoms with E-state index in [2.05, 4.69) is 0 Å². The van der Waals surface area contributed by atoms with Gasteiger partial charge in [-0.05, 0) is 24.5 Å². The normalized spacial score (nSPS) is 26.5. The van der Waals surface area contributed by atoms with Crippen LogP contribution in [0.5, 0.6) is 0 Å². The van der Waals surface area contributed by atoms with Crippen molar-refractivity contribution >= 4 is 5.97 Å².